The topological polar surface area (TPSA) is 73.3 Å². The molecule has 0 bridgehead atoms. The Labute approximate surface area is 187 Å². The van der Waals surface area contributed by atoms with Gasteiger partial charge in [-0.1, -0.05) is 43.7 Å². The summed E-state index contributed by atoms with van der Waals surface area (Å²) >= 11 is 1.76. The molecular formula is C24H29N3O3S. The van der Waals surface area contributed by atoms with Crippen LogP contribution in [0.2, 0.25) is 0 Å². The molecule has 0 radical (unpaired) electrons. The number of carbonyl (C=O) groups excluding carboxylic acids is 1. The van der Waals surface area contributed by atoms with Gasteiger partial charge >= 0.3 is 5.97 Å². The van der Waals surface area contributed by atoms with Crippen molar-refractivity contribution in [3.05, 3.63) is 52.2 Å². The summed E-state index contributed by atoms with van der Waals surface area (Å²) in [6.07, 6.45) is 6.50. The van der Waals surface area contributed by atoms with Crippen molar-refractivity contribution in [2.45, 2.75) is 58.6 Å². The molecule has 4 rings (SSSR count). The van der Waals surface area contributed by atoms with Crippen molar-refractivity contribution in [2.24, 2.45) is 0 Å². The van der Waals surface area contributed by atoms with Gasteiger partial charge in [0, 0.05) is 11.4 Å². The van der Waals surface area contributed by atoms with E-state index in [0.717, 1.165) is 41.7 Å². The van der Waals surface area contributed by atoms with E-state index in [0.29, 0.717) is 19.0 Å². The average molecular weight is 440 g/mol. The predicted molar refractivity (Wildman–Crippen MR) is 123 cm³/mol. The van der Waals surface area contributed by atoms with Gasteiger partial charge in [-0.05, 0) is 43.2 Å². The lowest BCUT2D eigenvalue weighted by Crippen LogP contribution is -2.14. The maximum Gasteiger partial charge on any atom is 0.332 e. The van der Waals surface area contributed by atoms with Gasteiger partial charge in [-0.2, -0.15) is 0 Å². The highest BCUT2D eigenvalue weighted by atomic mass is 32.1. The normalized spacial score (nSPS) is 13.2. The monoisotopic (exact) mass is 439 g/mol. The van der Waals surface area contributed by atoms with E-state index in [1.807, 2.05) is 18.2 Å². The minimum Gasteiger partial charge on any atom is -0.464 e. The van der Waals surface area contributed by atoms with Crippen LogP contribution in [0.1, 0.15) is 54.4 Å². The zero-order chi connectivity index (χ0) is 21.5. The fourth-order valence-corrected chi connectivity index (χ4v) is 5.05. The number of fused-ring (bicyclic) bond motifs is 3. The zero-order valence-corrected chi connectivity index (χ0v) is 18.8. The van der Waals surface area contributed by atoms with E-state index in [-0.39, 0.29) is 19.2 Å². The molecule has 164 valence electrons. The summed E-state index contributed by atoms with van der Waals surface area (Å²) in [5.41, 5.74) is 2.60. The molecule has 0 unspecified atom stereocenters. The number of nitrogens with zero attached hydrogens (tertiary/aromatic N) is 2. The van der Waals surface area contributed by atoms with Crippen LogP contribution in [-0.4, -0.2) is 29.2 Å². The van der Waals surface area contributed by atoms with E-state index in [4.69, 9.17) is 19.4 Å². The molecular weight excluding hydrogens is 410 g/mol. The van der Waals surface area contributed by atoms with Gasteiger partial charge in [0.1, 0.15) is 23.9 Å². The van der Waals surface area contributed by atoms with Gasteiger partial charge in [-0.3, -0.25) is 0 Å². The van der Waals surface area contributed by atoms with E-state index in [1.165, 1.54) is 28.8 Å². The molecule has 2 aromatic heterocycles. The highest BCUT2D eigenvalue weighted by Gasteiger charge is 2.21. The Morgan fingerprint density at radius 1 is 1.16 bits per heavy atom. The maximum absolute atomic E-state index is 11.8. The number of aryl methyl sites for hydroxylation is 2. The minimum atomic E-state index is -0.344. The van der Waals surface area contributed by atoms with Crippen LogP contribution in [0, 0.1) is 0 Å². The van der Waals surface area contributed by atoms with Crippen molar-refractivity contribution in [3.8, 4) is 0 Å². The summed E-state index contributed by atoms with van der Waals surface area (Å²) in [7, 11) is 0. The largest absolute Gasteiger partial charge is 0.464 e. The summed E-state index contributed by atoms with van der Waals surface area (Å²) in [4.78, 5) is 23.7. The third kappa shape index (κ3) is 5.60. The van der Waals surface area contributed by atoms with Crippen molar-refractivity contribution >= 4 is 33.3 Å². The number of rotatable bonds is 10. The third-order valence-corrected chi connectivity index (χ3v) is 6.56. The van der Waals surface area contributed by atoms with Gasteiger partial charge < -0.3 is 14.8 Å². The number of ether oxygens (including phenoxy) is 2. The molecule has 0 aliphatic heterocycles. The number of carbonyl (C=O) groups is 1. The molecule has 0 saturated carbocycles. The summed E-state index contributed by atoms with van der Waals surface area (Å²) in [6, 6.07) is 10.3. The first kappa shape index (κ1) is 21.7. The van der Waals surface area contributed by atoms with Crippen LogP contribution >= 0.6 is 11.3 Å². The Hall–Kier alpha value is -2.51. The predicted octanol–water partition coefficient (Wildman–Crippen LogP) is 5.04. The smallest absolute Gasteiger partial charge is 0.332 e. The second kappa shape index (κ2) is 10.7. The van der Waals surface area contributed by atoms with E-state index in [2.05, 4.69) is 24.4 Å². The van der Waals surface area contributed by atoms with Gasteiger partial charge in [0.05, 0.1) is 12.0 Å². The zero-order valence-electron chi connectivity index (χ0n) is 18.0. The lowest BCUT2D eigenvalue weighted by atomic mass is 9.97. The summed E-state index contributed by atoms with van der Waals surface area (Å²) in [5.74, 6) is 1.10. The molecule has 3 aromatic rings. The molecule has 1 N–H and O–H groups in total. The van der Waals surface area contributed by atoms with Crippen molar-refractivity contribution in [1.82, 2.24) is 9.97 Å². The lowest BCUT2D eigenvalue weighted by molar-refractivity contribution is -0.149. The highest BCUT2D eigenvalue weighted by molar-refractivity contribution is 7.19. The van der Waals surface area contributed by atoms with Crippen molar-refractivity contribution in [2.75, 3.05) is 18.5 Å². The number of thiophene rings is 1. The first-order chi connectivity index (χ1) is 15.2. The second-order valence-electron chi connectivity index (χ2n) is 7.79. The van der Waals surface area contributed by atoms with Crippen LogP contribution in [0.25, 0.3) is 10.2 Å². The SMILES string of the molecule is CCCCOC(=O)COCc1nc(NCc2ccccc2)c2c3c(sc2n1)CCCC3. The van der Waals surface area contributed by atoms with Gasteiger partial charge in [0.25, 0.3) is 0 Å². The minimum absolute atomic E-state index is 0.0845. The molecule has 1 aliphatic carbocycles. The quantitative estimate of drug-likeness (QED) is 0.352. The van der Waals surface area contributed by atoms with Crippen molar-refractivity contribution in [1.29, 1.82) is 0 Å². The number of esters is 1. The van der Waals surface area contributed by atoms with Gasteiger partial charge in [-0.25, -0.2) is 14.8 Å². The molecule has 31 heavy (non-hydrogen) atoms. The third-order valence-electron chi connectivity index (χ3n) is 5.38. The van der Waals surface area contributed by atoms with Crippen LogP contribution in [-0.2, 0) is 40.3 Å². The van der Waals surface area contributed by atoms with Crippen LogP contribution in [0.3, 0.4) is 0 Å². The standard InChI is InChI=1S/C24H29N3O3S/c1-2-3-13-30-21(28)16-29-15-20-26-23(25-14-17-9-5-4-6-10-17)22-18-11-7-8-12-19(18)31-24(22)27-20/h4-6,9-10H,2-3,7-8,11-16H2,1H3,(H,25,26,27). The Balaban J connectivity index is 1.50. The van der Waals surface area contributed by atoms with Crippen molar-refractivity contribution in [3.63, 3.8) is 0 Å². The molecule has 7 heteroatoms. The molecule has 2 heterocycles. The fourth-order valence-electron chi connectivity index (χ4n) is 3.77. The van der Waals surface area contributed by atoms with E-state index < -0.39 is 0 Å². The second-order valence-corrected chi connectivity index (χ2v) is 8.87. The Bertz CT molecular complexity index is 1020. The number of aromatic nitrogens is 2. The first-order valence-corrected chi connectivity index (χ1v) is 11.9. The molecule has 1 aliphatic rings. The van der Waals surface area contributed by atoms with Crippen LogP contribution in [0.15, 0.2) is 30.3 Å². The molecule has 6 nitrogen and oxygen atoms in total. The van der Waals surface area contributed by atoms with Crippen LogP contribution in [0.5, 0.6) is 0 Å². The average Bonchev–Trinajstić information content (AvgIpc) is 3.17. The van der Waals surface area contributed by atoms with E-state index in [9.17, 15) is 4.79 Å². The van der Waals surface area contributed by atoms with Crippen LogP contribution in [0.4, 0.5) is 5.82 Å². The maximum atomic E-state index is 11.8. The number of anilines is 1. The van der Waals surface area contributed by atoms with Gasteiger partial charge in [-0.15, -0.1) is 11.3 Å². The number of unbranched alkanes of at least 4 members (excludes halogenated alkanes) is 1. The molecule has 0 atom stereocenters. The highest BCUT2D eigenvalue weighted by Crippen LogP contribution is 2.38. The number of hydrogen-bond donors (Lipinski definition) is 1. The summed E-state index contributed by atoms with van der Waals surface area (Å²) in [5, 5.41) is 4.67. The molecule has 0 spiro atoms. The molecule has 1 aromatic carbocycles. The van der Waals surface area contributed by atoms with E-state index >= 15 is 0 Å². The molecule has 0 amide bonds. The number of benzene rings is 1. The summed E-state index contributed by atoms with van der Waals surface area (Å²) in [6.45, 7) is 3.29. The molecule has 0 fully saturated rings. The number of hydrogen-bond acceptors (Lipinski definition) is 7. The van der Waals surface area contributed by atoms with E-state index in [1.54, 1.807) is 11.3 Å². The van der Waals surface area contributed by atoms with Gasteiger partial charge in [0.15, 0.2) is 5.82 Å². The van der Waals surface area contributed by atoms with Crippen molar-refractivity contribution < 1.29 is 14.3 Å². The van der Waals surface area contributed by atoms with Crippen LogP contribution < -0.4 is 5.32 Å². The summed E-state index contributed by atoms with van der Waals surface area (Å²) < 4.78 is 10.7. The lowest BCUT2D eigenvalue weighted by Gasteiger charge is -2.13. The Morgan fingerprint density at radius 2 is 2.00 bits per heavy atom. The van der Waals surface area contributed by atoms with Gasteiger partial charge in [0.2, 0.25) is 0 Å². The molecule has 0 saturated heterocycles. The number of nitrogens with one attached hydrogen (secondary N) is 1. The Morgan fingerprint density at radius 3 is 2.84 bits per heavy atom. The fraction of sp³-hybridized carbons (Fsp3) is 0.458. The Kier molecular flexibility index (Phi) is 7.48. The first-order valence-electron chi connectivity index (χ1n) is 11.1.